The van der Waals surface area contributed by atoms with Crippen molar-refractivity contribution in [1.29, 1.82) is 0 Å². The number of nitrogens with zero attached hydrogens (tertiary/aromatic N) is 1. The molecule has 2 saturated heterocycles. The molecule has 3 nitrogen and oxygen atoms in total. The van der Waals surface area contributed by atoms with E-state index >= 15 is 0 Å². The Balaban J connectivity index is 2.01. The van der Waals surface area contributed by atoms with Gasteiger partial charge in [-0.1, -0.05) is 13.8 Å². The number of hydrogen-bond acceptors (Lipinski definition) is 2. The smallest absolute Gasteiger partial charge is 0.227 e. The molecule has 1 amide bonds. The van der Waals surface area contributed by atoms with E-state index in [9.17, 15) is 4.79 Å². The largest absolute Gasteiger partial charge is 0.339 e. The lowest BCUT2D eigenvalue weighted by molar-refractivity contribution is -0.139. The monoisotopic (exact) mass is 224 g/mol. The lowest BCUT2D eigenvalue weighted by Gasteiger charge is -2.37. The molecular formula is C13H24N2O. The fourth-order valence-electron chi connectivity index (χ4n) is 3.07. The van der Waals surface area contributed by atoms with E-state index in [0.717, 1.165) is 26.1 Å². The molecule has 0 saturated carbocycles. The third-order valence-electron chi connectivity index (χ3n) is 4.22. The van der Waals surface area contributed by atoms with E-state index in [1.807, 2.05) is 0 Å². The van der Waals surface area contributed by atoms with Gasteiger partial charge in [0.15, 0.2) is 0 Å². The minimum Gasteiger partial charge on any atom is -0.339 e. The highest BCUT2D eigenvalue weighted by molar-refractivity contribution is 5.80. The summed E-state index contributed by atoms with van der Waals surface area (Å²) in [5.41, 5.74) is 0. The van der Waals surface area contributed by atoms with E-state index in [0.29, 0.717) is 17.9 Å². The van der Waals surface area contributed by atoms with E-state index in [2.05, 4.69) is 24.1 Å². The molecule has 0 aromatic carbocycles. The molecule has 0 spiro atoms. The fraction of sp³-hybridized carbons (Fsp3) is 0.923. The average molecular weight is 224 g/mol. The SMILES string of the molecule is CCC1CCCCN1C(=O)[C@@H]1CNC[C@H]1C. The second kappa shape index (κ2) is 5.17. The first-order chi connectivity index (χ1) is 7.74. The molecule has 0 radical (unpaired) electrons. The average Bonchev–Trinajstić information content (AvgIpc) is 2.74. The number of rotatable bonds is 2. The maximum atomic E-state index is 12.5. The van der Waals surface area contributed by atoms with Crippen LogP contribution in [0.5, 0.6) is 0 Å². The molecule has 16 heavy (non-hydrogen) atoms. The van der Waals surface area contributed by atoms with Crippen LogP contribution >= 0.6 is 0 Å². The molecule has 1 N–H and O–H groups in total. The van der Waals surface area contributed by atoms with Crippen LogP contribution in [0.1, 0.15) is 39.5 Å². The van der Waals surface area contributed by atoms with Crippen LogP contribution in [-0.4, -0.2) is 36.5 Å². The van der Waals surface area contributed by atoms with Crippen LogP contribution in [0.3, 0.4) is 0 Å². The summed E-state index contributed by atoms with van der Waals surface area (Å²) in [6.45, 7) is 7.26. The molecule has 2 aliphatic heterocycles. The van der Waals surface area contributed by atoms with Crippen molar-refractivity contribution in [2.45, 2.75) is 45.6 Å². The lowest BCUT2D eigenvalue weighted by atomic mass is 9.93. The summed E-state index contributed by atoms with van der Waals surface area (Å²) in [7, 11) is 0. The maximum absolute atomic E-state index is 12.5. The maximum Gasteiger partial charge on any atom is 0.227 e. The third-order valence-corrected chi connectivity index (χ3v) is 4.22. The molecule has 0 aromatic rings. The lowest BCUT2D eigenvalue weighted by Crippen LogP contribution is -2.47. The van der Waals surface area contributed by atoms with Gasteiger partial charge in [-0.05, 0) is 38.1 Å². The summed E-state index contributed by atoms with van der Waals surface area (Å²) < 4.78 is 0. The van der Waals surface area contributed by atoms with Gasteiger partial charge in [0.05, 0.1) is 5.92 Å². The minimum atomic E-state index is 0.229. The van der Waals surface area contributed by atoms with Crippen LogP contribution in [0, 0.1) is 11.8 Å². The van der Waals surface area contributed by atoms with Crippen LogP contribution in [0.25, 0.3) is 0 Å². The Morgan fingerprint density at radius 2 is 2.19 bits per heavy atom. The van der Waals surface area contributed by atoms with E-state index < -0.39 is 0 Å². The molecule has 0 aromatic heterocycles. The molecule has 2 rings (SSSR count). The van der Waals surface area contributed by atoms with Gasteiger partial charge in [0.25, 0.3) is 0 Å². The van der Waals surface area contributed by atoms with Crippen molar-refractivity contribution in [2.75, 3.05) is 19.6 Å². The Labute approximate surface area is 98.6 Å². The van der Waals surface area contributed by atoms with Crippen LogP contribution in [-0.2, 0) is 4.79 Å². The van der Waals surface area contributed by atoms with Gasteiger partial charge < -0.3 is 10.2 Å². The molecule has 2 aliphatic rings. The first-order valence-corrected chi connectivity index (χ1v) is 6.75. The molecule has 3 heteroatoms. The van der Waals surface area contributed by atoms with Crippen molar-refractivity contribution in [1.82, 2.24) is 10.2 Å². The van der Waals surface area contributed by atoms with E-state index in [1.165, 1.54) is 19.3 Å². The van der Waals surface area contributed by atoms with Crippen molar-refractivity contribution in [3.8, 4) is 0 Å². The normalized spacial score (nSPS) is 35.4. The number of amides is 1. The van der Waals surface area contributed by atoms with Gasteiger partial charge in [0, 0.05) is 19.1 Å². The van der Waals surface area contributed by atoms with Gasteiger partial charge >= 0.3 is 0 Å². The highest BCUT2D eigenvalue weighted by Crippen LogP contribution is 2.25. The second-order valence-corrected chi connectivity index (χ2v) is 5.33. The number of hydrogen-bond donors (Lipinski definition) is 1. The minimum absolute atomic E-state index is 0.229. The number of likely N-dealkylation sites (tertiary alicyclic amines) is 1. The molecule has 0 aliphatic carbocycles. The Morgan fingerprint density at radius 1 is 1.38 bits per heavy atom. The highest BCUT2D eigenvalue weighted by Gasteiger charge is 2.35. The third kappa shape index (κ3) is 2.24. The molecule has 0 bridgehead atoms. The molecule has 92 valence electrons. The summed E-state index contributed by atoms with van der Waals surface area (Å²) >= 11 is 0. The van der Waals surface area contributed by atoms with Crippen molar-refractivity contribution in [3.63, 3.8) is 0 Å². The van der Waals surface area contributed by atoms with Crippen molar-refractivity contribution < 1.29 is 4.79 Å². The van der Waals surface area contributed by atoms with Crippen molar-refractivity contribution in [3.05, 3.63) is 0 Å². The summed E-state index contributed by atoms with van der Waals surface area (Å²) in [4.78, 5) is 14.6. The Morgan fingerprint density at radius 3 is 2.81 bits per heavy atom. The van der Waals surface area contributed by atoms with Crippen LogP contribution in [0.2, 0.25) is 0 Å². The number of carbonyl (C=O) groups excluding carboxylic acids is 1. The Hall–Kier alpha value is -0.570. The predicted octanol–water partition coefficient (Wildman–Crippen LogP) is 1.63. The van der Waals surface area contributed by atoms with E-state index in [-0.39, 0.29) is 5.92 Å². The van der Waals surface area contributed by atoms with Gasteiger partial charge in [0.2, 0.25) is 5.91 Å². The molecule has 3 atom stereocenters. The number of nitrogens with one attached hydrogen (secondary N) is 1. The summed E-state index contributed by atoms with van der Waals surface area (Å²) in [6.07, 6.45) is 4.80. The summed E-state index contributed by atoms with van der Waals surface area (Å²) in [6, 6.07) is 0.508. The zero-order valence-electron chi connectivity index (χ0n) is 10.5. The van der Waals surface area contributed by atoms with Gasteiger partial charge in [-0.15, -0.1) is 0 Å². The summed E-state index contributed by atoms with van der Waals surface area (Å²) in [5, 5.41) is 3.33. The zero-order valence-corrected chi connectivity index (χ0v) is 10.5. The molecule has 2 fully saturated rings. The Kier molecular flexibility index (Phi) is 3.85. The van der Waals surface area contributed by atoms with Crippen LogP contribution in [0.15, 0.2) is 0 Å². The van der Waals surface area contributed by atoms with Gasteiger partial charge in [0.1, 0.15) is 0 Å². The highest BCUT2D eigenvalue weighted by atomic mass is 16.2. The van der Waals surface area contributed by atoms with Gasteiger partial charge in [-0.3, -0.25) is 4.79 Å². The number of piperidine rings is 1. The van der Waals surface area contributed by atoms with Crippen LogP contribution in [0.4, 0.5) is 0 Å². The quantitative estimate of drug-likeness (QED) is 0.773. The Bertz CT molecular complexity index is 254. The first-order valence-electron chi connectivity index (χ1n) is 6.75. The standard InChI is InChI=1S/C13H24N2O/c1-3-11-6-4-5-7-15(11)13(16)12-9-14-8-10(12)2/h10-12,14H,3-9H2,1-2H3/t10-,11?,12-/m1/s1. The van der Waals surface area contributed by atoms with E-state index in [1.54, 1.807) is 0 Å². The fourth-order valence-corrected chi connectivity index (χ4v) is 3.07. The topological polar surface area (TPSA) is 32.3 Å². The number of carbonyl (C=O) groups is 1. The van der Waals surface area contributed by atoms with Gasteiger partial charge in [-0.2, -0.15) is 0 Å². The van der Waals surface area contributed by atoms with Gasteiger partial charge in [-0.25, -0.2) is 0 Å². The van der Waals surface area contributed by atoms with Crippen molar-refractivity contribution >= 4 is 5.91 Å². The van der Waals surface area contributed by atoms with Crippen LogP contribution < -0.4 is 5.32 Å². The molecular weight excluding hydrogens is 200 g/mol. The molecule has 2 heterocycles. The summed E-state index contributed by atoms with van der Waals surface area (Å²) in [5.74, 6) is 1.14. The van der Waals surface area contributed by atoms with Crippen molar-refractivity contribution in [2.24, 2.45) is 11.8 Å². The second-order valence-electron chi connectivity index (χ2n) is 5.33. The zero-order chi connectivity index (χ0) is 11.5. The van der Waals surface area contributed by atoms with E-state index in [4.69, 9.17) is 0 Å². The first kappa shape index (κ1) is 11.9. The molecule has 1 unspecified atom stereocenters. The predicted molar refractivity (Wildman–Crippen MR) is 65.2 cm³/mol.